The van der Waals surface area contributed by atoms with Gasteiger partial charge in [0.1, 0.15) is 0 Å². The minimum absolute atomic E-state index is 0.0698. The predicted molar refractivity (Wildman–Crippen MR) is 84.3 cm³/mol. The third-order valence-electron chi connectivity index (χ3n) is 3.19. The van der Waals surface area contributed by atoms with E-state index in [1.807, 2.05) is 6.92 Å². The Balaban J connectivity index is 2.31. The van der Waals surface area contributed by atoms with Crippen LogP contribution >= 0.6 is 15.9 Å². The molecule has 0 aromatic heterocycles. The second-order valence-electron chi connectivity index (χ2n) is 4.80. The molecule has 0 aliphatic carbocycles. The number of rotatable bonds is 5. The number of carbonyl (C=O) groups excluding carboxylic acids is 1. The lowest BCUT2D eigenvalue weighted by Gasteiger charge is -2.26. The van der Waals surface area contributed by atoms with Crippen molar-refractivity contribution in [2.24, 2.45) is 0 Å². The number of hydrogen-bond acceptors (Lipinski definition) is 5. The lowest BCUT2D eigenvalue weighted by atomic mass is 10.2. The van der Waals surface area contributed by atoms with Crippen molar-refractivity contribution >= 4 is 31.9 Å². The van der Waals surface area contributed by atoms with Gasteiger partial charge >= 0.3 is 5.97 Å². The Morgan fingerprint density at radius 3 is 2.68 bits per heavy atom. The van der Waals surface area contributed by atoms with Crippen molar-refractivity contribution in [3.05, 3.63) is 28.2 Å². The van der Waals surface area contributed by atoms with E-state index >= 15 is 0 Å². The van der Waals surface area contributed by atoms with Crippen LogP contribution in [0.2, 0.25) is 0 Å². The van der Waals surface area contributed by atoms with Gasteiger partial charge in [-0.1, -0.05) is 6.92 Å². The maximum atomic E-state index is 12.7. The lowest BCUT2D eigenvalue weighted by Crippen LogP contribution is -2.40. The number of ether oxygens (including phenoxy) is 2. The van der Waals surface area contributed by atoms with E-state index in [0.717, 1.165) is 0 Å². The molecule has 1 aliphatic rings. The number of esters is 1. The number of nitrogens with zero attached hydrogens (tertiary/aromatic N) is 1. The smallest absolute Gasteiger partial charge is 0.338 e. The SMILES string of the molecule is CCCOC(=O)c1ccc(Br)c(S(=O)(=O)N2CCOCC2)c1. The van der Waals surface area contributed by atoms with E-state index < -0.39 is 16.0 Å². The monoisotopic (exact) mass is 391 g/mol. The van der Waals surface area contributed by atoms with Crippen LogP contribution in [0.5, 0.6) is 0 Å². The van der Waals surface area contributed by atoms with Crippen molar-refractivity contribution in [3.8, 4) is 0 Å². The van der Waals surface area contributed by atoms with E-state index in [1.165, 1.54) is 10.4 Å². The van der Waals surface area contributed by atoms with Crippen molar-refractivity contribution in [2.75, 3.05) is 32.9 Å². The van der Waals surface area contributed by atoms with Gasteiger partial charge in [0.05, 0.1) is 30.3 Å². The van der Waals surface area contributed by atoms with Crippen molar-refractivity contribution in [2.45, 2.75) is 18.2 Å². The molecule has 0 atom stereocenters. The van der Waals surface area contributed by atoms with Gasteiger partial charge in [0.25, 0.3) is 0 Å². The lowest BCUT2D eigenvalue weighted by molar-refractivity contribution is 0.0504. The summed E-state index contributed by atoms with van der Waals surface area (Å²) in [6.07, 6.45) is 0.710. The molecule has 0 bridgehead atoms. The fourth-order valence-corrected chi connectivity index (χ4v) is 4.39. The Bertz CT molecular complexity index is 641. The summed E-state index contributed by atoms with van der Waals surface area (Å²) in [7, 11) is -3.67. The standard InChI is InChI=1S/C14H18BrNO5S/c1-2-7-21-14(17)11-3-4-12(15)13(10-11)22(18,19)16-5-8-20-9-6-16/h3-4,10H,2,5-9H2,1H3. The zero-order valence-electron chi connectivity index (χ0n) is 12.2. The Morgan fingerprint density at radius 2 is 2.05 bits per heavy atom. The Hall–Kier alpha value is -0.960. The Morgan fingerprint density at radius 1 is 1.36 bits per heavy atom. The highest BCUT2D eigenvalue weighted by Gasteiger charge is 2.29. The molecular formula is C14H18BrNO5S. The number of halogens is 1. The summed E-state index contributed by atoms with van der Waals surface area (Å²) in [5.41, 5.74) is 0.225. The second kappa shape index (κ2) is 7.54. The maximum Gasteiger partial charge on any atom is 0.338 e. The number of carbonyl (C=O) groups is 1. The zero-order valence-corrected chi connectivity index (χ0v) is 14.7. The van der Waals surface area contributed by atoms with Gasteiger partial charge in [-0.05, 0) is 40.5 Å². The molecule has 1 saturated heterocycles. The number of sulfonamides is 1. The van der Waals surface area contributed by atoms with E-state index in [4.69, 9.17) is 9.47 Å². The van der Waals surface area contributed by atoms with Crippen molar-refractivity contribution in [1.29, 1.82) is 0 Å². The molecule has 1 aromatic carbocycles. The van der Waals surface area contributed by atoms with Crippen LogP contribution in [0.15, 0.2) is 27.6 Å². The highest BCUT2D eigenvalue weighted by Crippen LogP contribution is 2.27. The van der Waals surface area contributed by atoms with Crippen LogP contribution in [0.4, 0.5) is 0 Å². The normalized spacial score (nSPS) is 16.5. The molecule has 0 amide bonds. The van der Waals surface area contributed by atoms with E-state index in [2.05, 4.69) is 15.9 Å². The molecule has 22 heavy (non-hydrogen) atoms. The van der Waals surface area contributed by atoms with Gasteiger partial charge in [-0.2, -0.15) is 4.31 Å². The summed E-state index contributed by atoms with van der Waals surface area (Å²) in [5.74, 6) is -0.521. The number of benzene rings is 1. The second-order valence-corrected chi connectivity index (χ2v) is 7.56. The van der Waals surface area contributed by atoms with Crippen LogP contribution < -0.4 is 0 Å². The summed E-state index contributed by atoms with van der Waals surface area (Å²) in [6.45, 7) is 3.55. The zero-order chi connectivity index (χ0) is 16.2. The van der Waals surface area contributed by atoms with Crippen LogP contribution in [0, 0.1) is 0 Å². The average Bonchev–Trinajstić information content (AvgIpc) is 2.53. The van der Waals surface area contributed by atoms with Crippen LogP contribution in [-0.2, 0) is 19.5 Å². The van der Waals surface area contributed by atoms with E-state index in [9.17, 15) is 13.2 Å². The van der Waals surface area contributed by atoms with Crippen molar-refractivity contribution in [1.82, 2.24) is 4.31 Å². The molecule has 0 N–H and O–H groups in total. The van der Waals surface area contributed by atoms with Crippen LogP contribution in [-0.4, -0.2) is 51.6 Å². The first-order valence-electron chi connectivity index (χ1n) is 7.01. The summed E-state index contributed by atoms with van der Waals surface area (Å²) in [4.78, 5) is 12.0. The minimum atomic E-state index is -3.67. The molecule has 0 radical (unpaired) electrons. The van der Waals surface area contributed by atoms with Crippen molar-refractivity contribution < 1.29 is 22.7 Å². The maximum absolute atomic E-state index is 12.7. The van der Waals surface area contributed by atoms with E-state index in [0.29, 0.717) is 43.8 Å². The molecule has 1 fully saturated rings. The first-order valence-corrected chi connectivity index (χ1v) is 9.24. The van der Waals surface area contributed by atoms with Gasteiger partial charge in [0.2, 0.25) is 10.0 Å². The summed E-state index contributed by atoms with van der Waals surface area (Å²) < 4.78 is 37.4. The summed E-state index contributed by atoms with van der Waals surface area (Å²) in [5, 5.41) is 0. The molecule has 0 unspecified atom stereocenters. The third kappa shape index (κ3) is 3.87. The fourth-order valence-electron chi connectivity index (χ4n) is 2.03. The fraction of sp³-hybridized carbons (Fsp3) is 0.500. The van der Waals surface area contributed by atoms with E-state index in [1.54, 1.807) is 12.1 Å². The molecule has 1 heterocycles. The highest BCUT2D eigenvalue weighted by atomic mass is 79.9. The average molecular weight is 392 g/mol. The van der Waals surface area contributed by atoms with Crippen LogP contribution in [0.1, 0.15) is 23.7 Å². The molecule has 1 aliphatic heterocycles. The molecule has 1 aromatic rings. The molecule has 2 rings (SSSR count). The quantitative estimate of drug-likeness (QED) is 0.718. The Kier molecular flexibility index (Phi) is 5.96. The van der Waals surface area contributed by atoms with Gasteiger partial charge in [0.15, 0.2) is 0 Å². The summed E-state index contributed by atoms with van der Waals surface area (Å²) >= 11 is 3.25. The van der Waals surface area contributed by atoms with Gasteiger partial charge < -0.3 is 9.47 Å². The van der Waals surface area contributed by atoms with Gasteiger partial charge in [-0.3, -0.25) is 0 Å². The molecule has 8 heteroatoms. The molecule has 6 nitrogen and oxygen atoms in total. The first kappa shape index (κ1) is 17.4. The molecular weight excluding hydrogens is 374 g/mol. The number of morpholine rings is 1. The van der Waals surface area contributed by atoms with Gasteiger partial charge in [-0.15, -0.1) is 0 Å². The molecule has 0 spiro atoms. The summed E-state index contributed by atoms with van der Waals surface area (Å²) in [6, 6.07) is 4.45. The molecule has 0 saturated carbocycles. The number of hydrogen-bond donors (Lipinski definition) is 0. The topological polar surface area (TPSA) is 72.9 Å². The third-order valence-corrected chi connectivity index (χ3v) is 6.08. The van der Waals surface area contributed by atoms with Gasteiger partial charge in [0, 0.05) is 17.6 Å². The predicted octanol–water partition coefficient (Wildman–Crippen LogP) is 2.04. The van der Waals surface area contributed by atoms with Crippen LogP contribution in [0.25, 0.3) is 0 Å². The molecule has 122 valence electrons. The van der Waals surface area contributed by atoms with Gasteiger partial charge in [-0.25, -0.2) is 13.2 Å². The highest BCUT2D eigenvalue weighted by molar-refractivity contribution is 9.10. The van der Waals surface area contributed by atoms with E-state index in [-0.39, 0.29) is 10.5 Å². The van der Waals surface area contributed by atoms with Crippen LogP contribution in [0.3, 0.4) is 0 Å². The largest absolute Gasteiger partial charge is 0.462 e. The minimum Gasteiger partial charge on any atom is -0.462 e. The Labute approximate surface area is 138 Å². The first-order chi connectivity index (χ1) is 10.5. The van der Waals surface area contributed by atoms with Crippen molar-refractivity contribution in [3.63, 3.8) is 0 Å².